The molecule has 0 fully saturated rings. The molecule has 0 saturated heterocycles. The first-order chi connectivity index (χ1) is 13.8. The van der Waals surface area contributed by atoms with E-state index in [1.807, 2.05) is 19.9 Å². The maximum Gasteiger partial charge on any atom is 0.270 e. The molecule has 0 radical (unpaired) electrons. The third-order valence-corrected chi connectivity index (χ3v) is 5.96. The third kappa shape index (κ3) is 4.60. The fourth-order valence-electron chi connectivity index (χ4n) is 3.11. The van der Waals surface area contributed by atoms with Crippen molar-refractivity contribution in [3.8, 4) is 0 Å². The van der Waals surface area contributed by atoms with Crippen LogP contribution in [0.3, 0.4) is 0 Å². The van der Waals surface area contributed by atoms with E-state index in [0.717, 1.165) is 34.3 Å². The maximum absolute atomic E-state index is 13.3. The van der Waals surface area contributed by atoms with Gasteiger partial charge in [0.2, 0.25) is 0 Å². The van der Waals surface area contributed by atoms with Crippen molar-refractivity contribution in [2.45, 2.75) is 20.3 Å². The zero-order valence-electron chi connectivity index (χ0n) is 17.1. The molecule has 3 aromatic rings. The number of carbonyl (C=O) groups excluding carboxylic acids is 1. The standard InChI is InChI=1S/C21H24N4O3S/c1-14-9-10-18-19(15(14)2)22-21(29-18)24(12-6-11-23(3)4)20(26)16-7-5-8-17(13-16)25(27)28/h5,7-10,13H,6,11-12H2,1-4H3/p+1. The Morgan fingerprint density at radius 1 is 1.24 bits per heavy atom. The molecule has 0 atom stereocenters. The molecular weight excluding hydrogens is 388 g/mol. The normalized spacial score (nSPS) is 11.2. The number of hydrogen-bond donors (Lipinski definition) is 1. The highest BCUT2D eigenvalue weighted by atomic mass is 32.1. The summed E-state index contributed by atoms with van der Waals surface area (Å²) in [4.78, 5) is 31.6. The van der Waals surface area contributed by atoms with Crippen LogP contribution in [0, 0.1) is 24.0 Å². The third-order valence-electron chi connectivity index (χ3n) is 4.91. The van der Waals surface area contributed by atoms with Gasteiger partial charge < -0.3 is 4.90 Å². The number of rotatable bonds is 7. The van der Waals surface area contributed by atoms with Crippen molar-refractivity contribution in [2.24, 2.45) is 0 Å². The summed E-state index contributed by atoms with van der Waals surface area (Å²) in [6.07, 6.45) is 0.803. The largest absolute Gasteiger partial charge is 0.340 e. The van der Waals surface area contributed by atoms with Crippen LogP contribution in [0.4, 0.5) is 10.8 Å². The number of nitro groups is 1. The van der Waals surface area contributed by atoms with E-state index in [0.29, 0.717) is 17.2 Å². The van der Waals surface area contributed by atoms with Crippen molar-refractivity contribution in [1.82, 2.24) is 4.98 Å². The average Bonchev–Trinajstić information content (AvgIpc) is 3.12. The quantitative estimate of drug-likeness (QED) is 0.477. The predicted octanol–water partition coefficient (Wildman–Crippen LogP) is 3.00. The number of thiazole rings is 1. The summed E-state index contributed by atoms with van der Waals surface area (Å²) in [6, 6.07) is 9.96. The van der Waals surface area contributed by atoms with Crippen molar-refractivity contribution in [3.63, 3.8) is 0 Å². The van der Waals surface area contributed by atoms with E-state index in [1.54, 1.807) is 17.0 Å². The van der Waals surface area contributed by atoms with Crippen LogP contribution in [-0.4, -0.2) is 43.0 Å². The molecule has 3 rings (SSSR count). The van der Waals surface area contributed by atoms with Crippen LogP contribution in [0.15, 0.2) is 36.4 Å². The fourth-order valence-corrected chi connectivity index (χ4v) is 4.16. The molecule has 1 N–H and O–H groups in total. The highest BCUT2D eigenvalue weighted by Gasteiger charge is 2.23. The van der Waals surface area contributed by atoms with Gasteiger partial charge in [0.25, 0.3) is 11.6 Å². The molecular formula is C21H25N4O3S+. The highest BCUT2D eigenvalue weighted by Crippen LogP contribution is 2.33. The van der Waals surface area contributed by atoms with Gasteiger partial charge in [-0.3, -0.25) is 19.8 Å². The minimum atomic E-state index is -0.486. The van der Waals surface area contributed by atoms with Gasteiger partial charge in [0, 0.05) is 30.7 Å². The minimum absolute atomic E-state index is 0.0932. The summed E-state index contributed by atoms with van der Waals surface area (Å²) < 4.78 is 1.03. The number of aromatic nitrogens is 1. The second kappa shape index (κ2) is 8.67. The Morgan fingerprint density at radius 3 is 2.69 bits per heavy atom. The first kappa shape index (κ1) is 20.9. The van der Waals surface area contributed by atoms with Gasteiger partial charge in [-0.2, -0.15) is 0 Å². The van der Waals surface area contributed by atoms with Gasteiger partial charge in [-0.1, -0.05) is 23.5 Å². The van der Waals surface area contributed by atoms with Crippen LogP contribution < -0.4 is 9.80 Å². The molecule has 0 aliphatic carbocycles. The lowest BCUT2D eigenvalue weighted by Crippen LogP contribution is -3.05. The Balaban J connectivity index is 2.00. The van der Waals surface area contributed by atoms with Crippen molar-refractivity contribution in [2.75, 3.05) is 32.1 Å². The predicted molar refractivity (Wildman–Crippen MR) is 116 cm³/mol. The molecule has 8 heteroatoms. The van der Waals surface area contributed by atoms with Crippen LogP contribution in [-0.2, 0) is 0 Å². The Hall–Kier alpha value is -2.84. The Bertz CT molecular complexity index is 1060. The fraction of sp³-hybridized carbons (Fsp3) is 0.333. The van der Waals surface area contributed by atoms with Crippen molar-refractivity contribution < 1.29 is 14.6 Å². The number of nitro benzene ring substituents is 1. The molecule has 2 aromatic carbocycles. The van der Waals surface area contributed by atoms with E-state index in [2.05, 4.69) is 20.2 Å². The number of nitrogens with one attached hydrogen (secondary N) is 1. The number of anilines is 1. The van der Waals surface area contributed by atoms with Gasteiger partial charge in [0.15, 0.2) is 5.13 Å². The second-order valence-corrected chi connectivity index (χ2v) is 8.43. The van der Waals surface area contributed by atoms with E-state index in [-0.39, 0.29) is 11.6 Å². The van der Waals surface area contributed by atoms with Gasteiger partial charge in [-0.05, 0) is 37.1 Å². The SMILES string of the molecule is Cc1ccc2sc(N(CCC[NH+](C)C)C(=O)c3cccc([N+](=O)[O-])c3)nc2c1C. The molecule has 1 aromatic heterocycles. The summed E-state index contributed by atoms with van der Waals surface area (Å²) in [6.45, 7) is 5.48. The van der Waals surface area contributed by atoms with E-state index in [1.165, 1.54) is 28.4 Å². The number of hydrogen-bond acceptors (Lipinski definition) is 5. The summed E-state index contributed by atoms with van der Waals surface area (Å²) in [5.41, 5.74) is 3.36. The molecule has 29 heavy (non-hydrogen) atoms. The minimum Gasteiger partial charge on any atom is -0.340 e. The number of benzene rings is 2. The molecule has 0 unspecified atom stereocenters. The van der Waals surface area contributed by atoms with Crippen LogP contribution >= 0.6 is 11.3 Å². The van der Waals surface area contributed by atoms with Crippen molar-refractivity contribution in [3.05, 3.63) is 63.2 Å². The van der Waals surface area contributed by atoms with Crippen LogP contribution in [0.1, 0.15) is 27.9 Å². The maximum atomic E-state index is 13.3. The molecule has 152 valence electrons. The highest BCUT2D eigenvalue weighted by molar-refractivity contribution is 7.22. The molecule has 7 nitrogen and oxygen atoms in total. The number of fused-ring (bicyclic) bond motifs is 1. The molecule has 1 heterocycles. The van der Waals surface area contributed by atoms with E-state index in [9.17, 15) is 14.9 Å². The Kier molecular flexibility index (Phi) is 6.24. The lowest BCUT2D eigenvalue weighted by atomic mass is 10.1. The van der Waals surface area contributed by atoms with Crippen molar-refractivity contribution >= 4 is 38.3 Å². The van der Waals surface area contributed by atoms with Gasteiger partial charge in [0.1, 0.15) is 0 Å². The molecule has 1 amide bonds. The smallest absolute Gasteiger partial charge is 0.270 e. The summed E-state index contributed by atoms with van der Waals surface area (Å²) >= 11 is 1.47. The number of nitrogens with zero attached hydrogens (tertiary/aromatic N) is 3. The van der Waals surface area contributed by atoms with E-state index < -0.39 is 4.92 Å². The molecule has 0 bridgehead atoms. The van der Waals surface area contributed by atoms with Gasteiger partial charge in [-0.25, -0.2) is 4.98 Å². The van der Waals surface area contributed by atoms with E-state index >= 15 is 0 Å². The summed E-state index contributed by atoms with van der Waals surface area (Å²) in [7, 11) is 4.13. The first-order valence-electron chi connectivity index (χ1n) is 9.50. The summed E-state index contributed by atoms with van der Waals surface area (Å²) in [5, 5.41) is 11.7. The zero-order valence-corrected chi connectivity index (χ0v) is 17.9. The van der Waals surface area contributed by atoms with Crippen LogP contribution in [0.2, 0.25) is 0 Å². The number of non-ortho nitro benzene ring substituents is 1. The van der Waals surface area contributed by atoms with Gasteiger partial charge in [-0.15, -0.1) is 0 Å². The average molecular weight is 414 g/mol. The number of carbonyl (C=O) groups is 1. The van der Waals surface area contributed by atoms with Crippen LogP contribution in [0.5, 0.6) is 0 Å². The number of amides is 1. The lowest BCUT2D eigenvalue weighted by molar-refractivity contribution is -0.858. The van der Waals surface area contributed by atoms with Crippen LogP contribution in [0.25, 0.3) is 10.2 Å². The lowest BCUT2D eigenvalue weighted by Gasteiger charge is -2.20. The van der Waals surface area contributed by atoms with E-state index in [4.69, 9.17) is 4.98 Å². The molecule has 0 spiro atoms. The molecule has 0 aliphatic rings. The molecule has 0 saturated carbocycles. The summed E-state index contributed by atoms with van der Waals surface area (Å²) in [5.74, 6) is -0.268. The number of quaternary nitrogens is 1. The monoisotopic (exact) mass is 413 g/mol. The Labute approximate surface area is 173 Å². The van der Waals surface area contributed by atoms with Crippen molar-refractivity contribution in [1.29, 1.82) is 0 Å². The topological polar surface area (TPSA) is 80.8 Å². The Morgan fingerprint density at radius 2 is 2.00 bits per heavy atom. The second-order valence-electron chi connectivity index (χ2n) is 7.43. The molecule has 0 aliphatic heterocycles. The van der Waals surface area contributed by atoms with Gasteiger partial charge >= 0.3 is 0 Å². The zero-order chi connectivity index (χ0) is 21.1. The first-order valence-corrected chi connectivity index (χ1v) is 10.3. The number of aryl methyl sites for hydroxylation is 2. The van der Waals surface area contributed by atoms with Gasteiger partial charge in [0.05, 0.1) is 35.8 Å².